The van der Waals surface area contributed by atoms with E-state index in [0.717, 1.165) is 0 Å². The molecule has 3 rings (SSSR count). The molecule has 0 unspecified atom stereocenters. The Morgan fingerprint density at radius 3 is 2.50 bits per heavy atom. The maximum Gasteiger partial charge on any atom is 0.253 e. The molecule has 0 aliphatic rings. The monoisotopic (exact) mass is 437 g/mol. The van der Waals surface area contributed by atoms with Gasteiger partial charge in [0.25, 0.3) is 5.91 Å². The lowest BCUT2D eigenvalue weighted by Gasteiger charge is -2.15. The minimum atomic E-state index is -0.287. The number of nitrogens with one attached hydrogen (secondary N) is 3. The Labute approximate surface area is 186 Å². The minimum absolute atomic E-state index is 0.0348. The van der Waals surface area contributed by atoms with E-state index in [4.69, 9.17) is 13.9 Å². The van der Waals surface area contributed by atoms with Gasteiger partial charge in [0.15, 0.2) is 0 Å². The summed E-state index contributed by atoms with van der Waals surface area (Å²) in [6, 6.07) is 15.8. The Balaban J connectivity index is 1.63. The summed E-state index contributed by atoms with van der Waals surface area (Å²) < 4.78 is 16.3. The highest BCUT2D eigenvalue weighted by atomic mass is 16.5. The van der Waals surface area contributed by atoms with Gasteiger partial charge < -0.3 is 29.8 Å². The maximum absolute atomic E-state index is 12.6. The fourth-order valence-electron chi connectivity index (χ4n) is 3.03. The number of hydrogen-bond acceptors (Lipinski definition) is 6. The Kier molecular flexibility index (Phi) is 8.14. The Morgan fingerprint density at radius 2 is 1.75 bits per heavy atom. The van der Waals surface area contributed by atoms with Crippen molar-refractivity contribution in [3.63, 3.8) is 0 Å². The zero-order chi connectivity index (χ0) is 22.8. The summed E-state index contributed by atoms with van der Waals surface area (Å²) in [7, 11) is 0. The summed E-state index contributed by atoms with van der Waals surface area (Å²) in [5, 5.41) is 8.67. The van der Waals surface area contributed by atoms with Gasteiger partial charge in [-0.15, -0.1) is 0 Å². The molecule has 0 aliphatic heterocycles. The first-order chi connectivity index (χ1) is 15.6. The summed E-state index contributed by atoms with van der Waals surface area (Å²) in [6.07, 6.45) is 1.55. The smallest absolute Gasteiger partial charge is 0.253 e. The number of amides is 2. The van der Waals surface area contributed by atoms with Crippen LogP contribution in [0.4, 0.5) is 11.4 Å². The SMILES string of the molecule is CCOc1ccc(OCC)c(NC(=O)CNc2ccccc2C(=O)NCc2ccco2)c1. The molecule has 0 spiro atoms. The zero-order valence-electron chi connectivity index (χ0n) is 18.1. The molecule has 3 aromatic rings. The van der Waals surface area contributed by atoms with Gasteiger partial charge in [0.2, 0.25) is 5.91 Å². The first kappa shape index (κ1) is 22.7. The van der Waals surface area contributed by atoms with E-state index in [1.54, 1.807) is 60.9 Å². The first-order valence-corrected chi connectivity index (χ1v) is 10.4. The van der Waals surface area contributed by atoms with Crippen molar-refractivity contribution in [2.75, 3.05) is 30.4 Å². The van der Waals surface area contributed by atoms with Crippen molar-refractivity contribution in [2.24, 2.45) is 0 Å². The van der Waals surface area contributed by atoms with E-state index in [1.165, 1.54) is 0 Å². The van der Waals surface area contributed by atoms with Crippen molar-refractivity contribution in [3.8, 4) is 11.5 Å². The van der Waals surface area contributed by atoms with Crippen molar-refractivity contribution < 1.29 is 23.5 Å². The number of furan rings is 1. The van der Waals surface area contributed by atoms with Gasteiger partial charge in [0.05, 0.1) is 43.8 Å². The fourth-order valence-corrected chi connectivity index (χ4v) is 3.03. The summed E-state index contributed by atoms with van der Waals surface area (Å²) in [5.41, 5.74) is 1.50. The van der Waals surface area contributed by atoms with E-state index in [9.17, 15) is 9.59 Å². The summed E-state index contributed by atoms with van der Waals surface area (Å²) in [5.74, 6) is 1.29. The molecule has 0 atom stereocenters. The second-order valence-electron chi connectivity index (χ2n) is 6.73. The summed E-state index contributed by atoms with van der Waals surface area (Å²) in [4.78, 5) is 25.2. The highest BCUT2D eigenvalue weighted by Crippen LogP contribution is 2.29. The number of anilines is 2. The normalized spacial score (nSPS) is 10.3. The van der Waals surface area contributed by atoms with Crippen LogP contribution in [0.1, 0.15) is 30.0 Å². The lowest BCUT2D eigenvalue weighted by molar-refractivity contribution is -0.114. The number of para-hydroxylation sites is 1. The predicted octanol–water partition coefficient (Wildman–Crippen LogP) is 4.06. The van der Waals surface area contributed by atoms with Crippen molar-refractivity contribution in [1.29, 1.82) is 0 Å². The van der Waals surface area contributed by atoms with Gasteiger partial charge in [0.1, 0.15) is 17.3 Å². The molecule has 2 aromatic carbocycles. The van der Waals surface area contributed by atoms with Gasteiger partial charge in [-0.05, 0) is 50.2 Å². The number of carbonyl (C=O) groups excluding carboxylic acids is 2. The van der Waals surface area contributed by atoms with Gasteiger partial charge in [-0.1, -0.05) is 12.1 Å². The van der Waals surface area contributed by atoms with Crippen molar-refractivity contribution >= 4 is 23.2 Å². The van der Waals surface area contributed by atoms with Crippen LogP contribution in [0.5, 0.6) is 11.5 Å². The molecule has 2 amide bonds. The van der Waals surface area contributed by atoms with Crippen LogP contribution in [0.15, 0.2) is 65.3 Å². The molecule has 0 bridgehead atoms. The van der Waals surface area contributed by atoms with Crippen LogP contribution in [0.2, 0.25) is 0 Å². The van der Waals surface area contributed by atoms with Crippen LogP contribution in [0.25, 0.3) is 0 Å². The van der Waals surface area contributed by atoms with E-state index in [1.807, 2.05) is 13.8 Å². The van der Waals surface area contributed by atoms with Gasteiger partial charge in [-0.2, -0.15) is 0 Å². The largest absolute Gasteiger partial charge is 0.494 e. The second-order valence-corrected chi connectivity index (χ2v) is 6.73. The Bertz CT molecular complexity index is 1030. The number of hydrogen-bond donors (Lipinski definition) is 3. The van der Waals surface area contributed by atoms with Crippen LogP contribution in [0, 0.1) is 0 Å². The van der Waals surface area contributed by atoms with Crippen molar-refractivity contribution in [1.82, 2.24) is 5.32 Å². The van der Waals surface area contributed by atoms with Crippen LogP contribution in [-0.2, 0) is 11.3 Å². The highest BCUT2D eigenvalue weighted by molar-refractivity contribution is 6.01. The van der Waals surface area contributed by atoms with Crippen LogP contribution < -0.4 is 25.4 Å². The predicted molar refractivity (Wildman–Crippen MR) is 122 cm³/mol. The molecule has 0 aliphatic carbocycles. The van der Waals surface area contributed by atoms with E-state index in [0.29, 0.717) is 47.4 Å². The van der Waals surface area contributed by atoms with Gasteiger partial charge in [-0.3, -0.25) is 9.59 Å². The number of ether oxygens (including phenoxy) is 2. The highest BCUT2D eigenvalue weighted by Gasteiger charge is 2.14. The summed E-state index contributed by atoms with van der Waals surface area (Å²) >= 11 is 0. The average molecular weight is 437 g/mol. The van der Waals surface area contributed by atoms with Crippen LogP contribution in [0.3, 0.4) is 0 Å². The quantitative estimate of drug-likeness (QED) is 0.418. The molecule has 8 heteroatoms. The molecule has 1 aromatic heterocycles. The number of carbonyl (C=O) groups is 2. The molecule has 1 heterocycles. The van der Waals surface area contributed by atoms with Gasteiger partial charge in [-0.25, -0.2) is 0 Å². The van der Waals surface area contributed by atoms with E-state index < -0.39 is 0 Å². The number of rotatable bonds is 11. The standard InChI is InChI=1S/C24H27N3O5/c1-3-30-17-11-12-22(31-4-2)21(14-17)27-23(28)16-25-20-10-6-5-9-19(20)24(29)26-15-18-8-7-13-32-18/h5-14,25H,3-4,15-16H2,1-2H3,(H,26,29)(H,27,28). The van der Waals surface area contributed by atoms with E-state index >= 15 is 0 Å². The third kappa shape index (κ3) is 6.28. The molecule has 8 nitrogen and oxygen atoms in total. The zero-order valence-corrected chi connectivity index (χ0v) is 18.1. The third-order valence-electron chi connectivity index (χ3n) is 4.45. The topological polar surface area (TPSA) is 102 Å². The van der Waals surface area contributed by atoms with Gasteiger partial charge >= 0.3 is 0 Å². The van der Waals surface area contributed by atoms with Crippen molar-refractivity contribution in [3.05, 3.63) is 72.2 Å². The molecule has 3 N–H and O–H groups in total. The fraction of sp³-hybridized carbons (Fsp3) is 0.250. The third-order valence-corrected chi connectivity index (χ3v) is 4.45. The summed E-state index contributed by atoms with van der Waals surface area (Å²) in [6.45, 7) is 4.99. The molecular weight excluding hydrogens is 410 g/mol. The molecule has 0 saturated heterocycles. The molecule has 32 heavy (non-hydrogen) atoms. The van der Waals surface area contributed by atoms with E-state index in [2.05, 4.69) is 16.0 Å². The minimum Gasteiger partial charge on any atom is -0.494 e. The molecular formula is C24H27N3O5. The maximum atomic E-state index is 12.6. The Morgan fingerprint density at radius 1 is 0.938 bits per heavy atom. The molecule has 0 radical (unpaired) electrons. The first-order valence-electron chi connectivity index (χ1n) is 10.4. The number of benzene rings is 2. The Hall–Kier alpha value is -3.94. The molecule has 168 valence electrons. The van der Waals surface area contributed by atoms with Crippen molar-refractivity contribution in [2.45, 2.75) is 20.4 Å². The van der Waals surface area contributed by atoms with Crippen LogP contribution >= 0.6 is 0 Å². The molecule has 0 fully saturated rings. The second kappa shape index (κ2) is 11.5. The van der Waals surface area contributed by atoms with E-state index in [-0.39, 0.29) is 24.9 Å². The van der Waals surface area contributed by atoms with Crippen LogP contribution in [-0.4, -0.2) is 31.6 Å². The average Bonchev–Trinajstić information content (AvgIpc) is 3.32. The lowest BCUT2D eigenvalue weighted by atomic mass is 10.1. The van der Waals surface area contributed by atoms with Gasteiger partial charge in [0, 0.05) is 11.8 Å². The molecule has 0 saturated carbocycles. The lowest BCUT2D eigenvalue weighted by Crippen LogP contribution is -2.26.